The van der Waals surface area contributed by atoms with Crippen molar-refractivity contribution < 1.29 is 13.5 Å². The van der Waals surface area contributed by atoms with E-state index in [9.17, 15) is 8.78 Å². The zero-order valence-electron chi connectivity index (χ0n) is 11.2. The fourth-order valence-corrected chi connectivity index (χ4v) is 2.60. The summed E-state index contributed by atoms with van der Waals surface area (Å²) in [6.45, 7) is 1.10. The number of hydrogen-bond donors (Lipinski definition) is 1. The predicted molar refractivity (Wildman–Crippen MR) is 79.0 cm³/mol. The lowest BCUT2D eigenvalue weighted by Gasteiger charge is -2.25. The topological polar surface area (TPSA) is 21.3 Å². The van der Waals surface area contributed by atoms with E-state index < -0.39 is 16.7 Å². The lowest BCUT2D eigenvalue weighted by atomic mass is 9.96. The van der Waals surface area contributed by atoms with Crippen molar-refractivity contribution in [1.29, 1.82) is 0 Å². The molecule has 0 saturated carbocycles. The maximum Gasteiger partial charge on any atom is 0.167 e. The van der Waals surface area contributed by atoms with E-state index in [0.29, 0.717) is 13.2 Å². The number of benzene rings is 2. The SMILES string of the molecule is Fc1ccc(NCC2COc3ccccc3C2)c(F)c1Cl. The van der Waals surface area contributed by atoms with Crippen LogP contribution < -0.4 is 10.1 Å². The molecule has 3 rings (SSSR count). The van der Waals surface area contributed by atoms with Crippen LogP contribution in [0.3, 0.4) is 0 Å². The van der Waals surface area contributed by atoms with E-state index in [-0.39, 0.29) is 11.6 Å². The molecule has 2 aromatic rings. The van der Waals surface area contributed by atoms with Crippen LogP contribution in [0.5, 0.6) is 5.75 Å². The highest BCUT2D eigenvalue weighted by molar-refractivity contribution is 6.31. The molecular weight excluding hydrogens is 296 g/mol. The third-order valence-electron chi connectivity index (χ3n) is 3.57. The standard InChI is InChI=1S/C16H14ClF2NO/c17-15-12(18)5-6-13(16(15)19)20-8-10-7-11-3-1-2-4-14(11)21-9-10/h1-6,10,20H,7-9H2. The van der Waals surface area contributed by atoms with Gasteiger partial charge >= 0.3 is 0 Å². The molecule has 0 aromatic heterocycles. The largest absolute Gasteiger partial charge is 0.493 e. The molecule has 1 aliphatic rings. The van der Waals surface area contributed by atoms with E-state index in [1.807, 2.05) is 24.3 Å². The number of hydrogen-bond acceptors (Lipinski definition) is 2. The number of halogens is 3. The highest BCUT2D eigenvalue weighted by Crippen LogP contribution is 2.28. The van der Waals surface area contributed by atoms with E-state index >= 15 is 0 Å². The molecule has 1 heterocycles. The van der Waals surface area contributed by atoms with Gasteiger partial charge in [0.05, 0.1) is 12.3 Å². The smallest absolute Gasteiger partial charge is 0.167 e. The van der Waals surface area contributed by atoms with Gasteiger partial charge in [-0.2, -0.15) is 0 Å². The Morgan fingerprint density at radius 1 is 1.19 bits per heavy atom. The monoisotopic (exact) mass is 309 g/mol. The second-order valence-electron chi connectivity index (χ2n) is 5.09. The predicted octanol–water partition coefficient (Wildman–Crippen LogP) is 4.28. The number of anilines is 1. The maximum atomic E-state index is 13.8. The molecular formula is C16H14ClF2NO. The first-order valence-electron chi connectivity index (χ1n) is 6.73. The summed E-state index contributed by atoms with van der Waals surface area (Å²) in [4.78, 5) is 0. The average Bonchev–Trinajstić information content (AvgIpc) is 2.52. The molecule has 0 aliphatic carbocycles. The van der Waals surface area contributed by atoms with Gasteiger partial charge in [0.25, 0.3) is 0 Å². The minimum absolute atomic E-state index is 0.209. The Bertz CT molecular complexity index is 663. The van der Waals surface area contributed by atoms with Crippen LogP contribution >= 0.6 is 11.6 Å². The molecule has 0 spiro atoms. The first-order chi connectivity index (χ1) is 10.1. The average molecular weight is 310 g/mol. The molecule has 1 atom stereocenters. The first-order valence-corrected chi connectivity index (χ1v) is 7.11. The Labute approximate surface area is 126 Å². The maximum absolute atomic E-state index is 13.8. The zero-order valence-corrected chi connectivity index (χ0v) is 12.0. The minimum atomic E-state index is -0.756. The number of fused-ring (bicyclic) bond motifs is 1. The lowest BCUT2D eigenvalue weighted by Crippen LogP contribution is -2.27. The van der Waals surface area contributed by atoms with Crippen molar-refractivity contribution in [3.8, 4) is 5.75 Å². The lowest BCUT2D eigenvalue weighted by molar-refractivity contribution is 0.229. The molecule has 0 saturated heterocycles. The van der Waals surface area contributed by atoms with E-state index in [4.69, 9.17) is 16.3 Å². The normalized spacial score (nSPS) is 17.0. The molecule has 0 fully saturated rings. The summed E-state index contributed by atoms with van der Waals surface area (Å²) in [6, 6.07) is 10.4. The Morgan fingerprint density at radius 3 is 2.86 bits per heavy atom. The van der Waals surface area contributed by atoms with Crippen molar-refractivity contribution >= 4 is 17.3 Å². The number of nitrogens with one attached hydrogen (secondary N) is 1. The zero-order chi connectivity index (χ0) is 14.8. The molecule has 1 unspecified atom stereocenters. The minimum Gasteiger partial charge on any atom is -0.493 e. The van der Waals surface area contributed by atoms with Crippen LogP contribution in [-0.2, 0) is 6.42 Å². The van der Waals surface area contributed by atoms with Crippen LogP contribution in [0.2, 0.25) is 5.02 Å². The molecule has 5 heteroatoms. The molecule has 1 aliphatic heterocycles. The summed E-state index contributed by atoms with van der Waals surface area (Å²) in [7, 11) is 0. The molecule has 21 heavy (non-hydrogen) atoms. The Hall–Kier alpha value is -1.81. The summed E-state index contributed by atoms with van der Waals surface area (Å²) in [5.74, 6) is -0.378. The van der Waals surface area contributed by atoms with Crippen molar-refractivity contribution in [2.75, 3.05) is 18.5 Å². The van der Waals surface area contributed by atoms with Crippen LogP contribution in [0.4, 0.5) is 14.5 Å². The van der Waals surface area contributed by atoms with Gasteiger partial charge in [0.1, 0.15) is 16.6 Å². The summed E-state index contributed by atoms with van der Waals surface area (Å²) in [5, 5.41) is 2.49. The van der Waals surface area contributed by atoms with Crippen LogP contribution in [0.1, 0.15) is 5.56 Å². The molecule has 2 aromatic carbocycles. The summed E-state index contributed by atoms with van der Waals surface area (Å²) in [5.41, 5.74) is 1.36. The second-order valence-corrected chi connectivity index (χ2v) is 5.47. The van der Waals surface area contributed by atoms with Gasteiger partial charge in [-0.3, -0.25) is 0 Å². The fourth-order valence-electron chi connectivity index (χ4n) is 2.44. The van der Waals surface area contributed by atoms with Crippen LogP contribution in [-0.4, -0.2) is 13.2 Å². The van der Waals surface area contributed by atoms with Gasteiger partial charge in [-0.1, -0.05) is 29.8 Å². The van der Waals surface area contributed by atoms with Crippen LogP contribution in [0.25, 0.3) is 0 Å². The van der Waals surface area contributed by atoms with Crippen LogP contribution in [0, 0.1) is 17.6 Å². The Kier molecular flexibility index (Phi) is 3.97. The highest BCUT2D eigenvalue weighted by Gasteiger charge is 2.20. The van der Waals surface area contributed by atoms with Crippen molar-refractivity contribution in [1.82, 2.24) is 0 Å². The van der Waals surface area contributed by atoms with Gasteiger partial charge in [0.15, 0.2) is 5.82 Å². The Morgan fingerprint density at radius 2 is 2.00 bits per heavy atom. The third kappa shape index (κ3) is 2.95. The van der Waals surface area contributed by atoms with Gasteiger partial charge in [-0.15, -0.1) is 0 Å². The Balaban J connectivity index is 1.66. The van der Waals surface area contributed by atoms with E-state index in [1.165, 1.54) is 6.07 Å². The van der Waals surface area contributed by atoms with Gasteiger partial charge in [-0.05, 0) is 30.2 Å². The van der Waals surface area contributed by atoms with Gasteiger partial charge < -0.3 is 10.1 Å². The third-order valence-corrected chi connectivity index (χ3v) is 3.92. The number of ether oxygens (including phenoxy) is 1. The first kappa shape index (κ1) is 14.1. The fraction of sp³-hybridized carbons (Fsp3) is 0.250. The molecule has 0 bridgehead atoms. The molecule has 2 nitrogen and oxygen atoms in total. The van der Waals surface area contributed by atoms with Gasteiger partial charge in [0.2, 0.25) is 0 Å². The number of para-hydroxylation sites is 1. The number of rotatable bonds is 3. The summed E-state index contributed by atoms with van der Waals surface area (Å²) < 4.78 is 32.6. The molecule has 110 valence electrons. The van der Waals surface area contributed by atoms with Gasteiger partial charge in [0, 0.05) is 12.5 Å². The van der Waals surface area contributed by atoms with Crippen molar-refractivity contribution in [2.45, 2.75) is 6.42 Å². The van der Waals surface area contributed by atoms with Crippen LogP contribution in [0.15, 0.2) is 36.4 Å². The van der Waals surface area contributed by atoms with Crippen molar-refractivity contribution in [2.24, 2.45) is 5.92 Å². The van der Waals surface area contributed by atoms with E-state index in [0.717, 1.165) is 23.8 Å². The van der Waals surface area contributed by atoms with Crippen molar-refractivity contribution in [3.63, 3.8) is 0 Å². The molecule has 1 N–H and O–H groups in total. The van der Waals surface area contributed by atoms with Gasteiger partial charge in [-0.25, -0.2) is 8.78 Å². The second kappa shape index (κ2) is 5.90. The van der Waals surface area contributed by atoms with E-state index in [2.05, 4.69) is 5.32 Å². The quantitative estimate of drug-likeness (QED) is 0.854. The summed E-state index contributed by atoms with van der Waals surface area (Å²) in [6.07, 6.45) is 0.861. The highest BCUT2D eigenvalue weighted by atomic mass is 35.5. The van der Waals surface area contributed by atoms with E-state index in [1.54, 1.807) is 0 Å². The summed E-state index contributed by atoms with van der Waals surface area (Å²) >= 11 is 5.56. The molecule has 0 radical (unpaired) electrons. The van der Waals surface area contributed by atoms with Crippen molar-refractivity contribution in [3.05, 3.63) is 58.6 Å². The molecule has 0 amide bonds.